The molecule has 5 heteroatoms. The molecular formula is C9H7F4S. The molecule has 0 saturated carbocycles. The first-order chi connectivity index (χ1) is 6.54. The molecule has 0 fully saturated rings. The largest absolute Gasteiger partial charge is 0.203 e. The van der Waals surface area contributed by atoms with Gasteiger partial charge < -0.3 is 0 Å². The van der Waals surface area contributed by atoms with E-state index in [1.165, 1.54) is 6.26 Å². The molecule has 0 heterocycles. The van der Waals surface area contributed by atoms with Gasteiger partial charge >= 0.3 is 0 Å². The Morgan fingerprint density at radius 3 is 1.71 bits per heavy atom. The molecule has 0 spiro atoms. The summed E-state index contributed by atoms with van der Waals surface area (Å²) in [5, 5.41) is 0. The second-order valence-electron chi connectivity index (χ2n) is 2.52. The smallest absolute Gasteiger partial charge is 0.175 e. The van der Waals surface area contributed by atoms with Crippen LogP contribution in [-0.2, 0) is 6.42 Å². The maximum Gasteiger partial charge on any atom is 0.175 e. The van der Waals surface area contributed by atoms with E-state index in [2.05, 4.69) is 6.92 Å². The lowest BCUT2D eigenvalue weighted by atomic mass is 10.1. The van der Waals surface area contributed by atoms with Crippen LogP contribution in [0.3, 0.4) is 0 Å². The van der Waals surface area contributed by atoms with Crippen LogP contribution in [0.1, 0.15) is 5.56 Å². The normalized spacial score (nSPS) is 10.7. The average molecular weight is 223 g/mol. The van der Waals surface area contributed by atoms with Crippen molar-refractivity contribution in [2.45, 2.75) is 11.3 Å². The molecule has 1 rings (SSSR count). The van der Waals surface area contributed by atoms with Crippen molar-refractivity contribution in [3.8, 4) is 0 Å². The zero-order chi connectivity index (χ0) is 10.9. The summed E-state index contributed by atoms with van der Waals surface area (Å²) in [5.74, 6) is -5.42. The fraction of sp³-hybridized carbons (Fsp3) is 0.222. The first kappa shape index (κ1) is 11.4. The highest BCUT2D eigenvalue weighted by Gasteiger charge is 2.23. The molecule has 0 aliphatic heterocycles. The third-order valence-electron chi connectivity index (χ3n) is 1.77. The van der Waals surface area contributed by atoms with Crippen molar-refractivity contribution < 1.29 is 17.6 Å². The third kappa shape index (κ3) is 1.61. The molecule has 0 nitrogen and oxygen atoms in total. The minimum Gasteiger partial charge on any atom is -0.203 e. The SMILES string of the molecule is [CH2]Cc1c(F)c(F)c(SC)c(F)c1F. The Labute approximate surface area is 83.3 Å². The van der Waals surface area contributed by atoms with Crippen LogP contribution in [0.15, 0.2) is 4.90 Å². The Morgan fingerprint density at radius 1 is 1.00 bits per heavy atom. The van der Waals surface area contributed by atoms with E-state index in [-0.39, 0.29) is 6.42 Å². The summed E-state index contributed by atoms with van der Waals surface area (Å²) in [4.78, 5) is -0.641. The second kappa shape index (κ2) is 4.21. The molecule has 0 aromatic heterocycles. The van der Waals surface area contributed by atoms with Crippen LogP contribution < -0.4 is 0 Å². The van der Waals surface area contributed by atoms with Crippen LogP contribution in [0, 0.1) is 30.2 Å². The van der Waals surface area contributed by atoms with E-state index in [1.54, 1.807) is 0 Å². The Hall–Kier alpha value is -0.710. The van der Waals surface area contributed by atoms with E-state index in [9.17, 15) is 17.6 Å². The van der Waals surface area contributed by atoms with Gasteiger partial charge in [0.25, 0.3) is 0 Å². The summed E-state index contributed by atoms with van der Waals surface area (Å²) in [6.07, 6.45) is 1.00. The molecule has 77 valence electrons. The Morgan fingerprint density at radius 2 is 1.43 bits per heavy atom. The number of benzene rings is 1. The first-order valence-electron chi connectivity index (χ1n) is 3.72. The van der Waals surface area contributed by atoms with E-state index in [0.29, 0.717) is 11.8 Å². The van der Waals surface area contributed by atoms with Gasteiger partial charge in [-0.3, -0.25) is 0 Å². The molecule has 0 N–H and O–H groups in total. The predicted octanol–water partition coefficient (Wildman–Crippen LogP) is 3.34. The lowest BCUT2D eigenvalue weighted by molar-refractivity contribution is 0.416. The molecule has 0 bridgehead atoms. The molecule has 0 aliphatic carbocycles. The molecule has 14 heavy (non-hydrogen) atoms. The summed E-state index contributed by atoms with van der Waals surface area (Å²) in [5.41, 5.74) is -0.655. The van der Waals surface area contributed by atoms with Gasteiger partial charge in [-0.2, -0.15) is 0 Å². The van der Waals surface area contributed by atoms with Gasteiger partial charge in [-0.05, 0) is 19.6 Å². The summed E-state index contributed by atoms with van der Waals surface area (Å²) in [6, 6.07) is 0. The third-order valence-corrected chi connectivity index (χ3v) is 2.53. The van der Waals surface area contributed by atoms with E-state index in [1.807, 2.05) is 0 Å². The van der Waals surface area contributed by atoms with Crippen LogP contribution in [-0.4, -0.2) is 6.26 Å². The zero-order valence-electron chi connectivity index (χ0n) is 7.33. The number of hydrogen-bond donors (Lipinski definition) is 0. The summed E-state index contributed by atoms with van der Waals surface area (Å²) >= 11 is 0.619. The highest BCUT2D eigenvalue weighted by Crippen LogP contribution is 2.30. The van der Waals surface area contributed by atoms with Crippen molar-refractivity contribution in [1.29, 1.82) is 0 Å². The monoisotopic (exact) mass is 223 g/mol. The Balaban J connectivity index is 3.55. The quantitative estimate of drug-likeness (QED) is 0.421. The van der Waals surface area contributed by atoms with Gasteiger partial charge in [0.15, 0.2) is 23.3 Å². The number of hydrogen-bond acceptors (Lipinski definition) is 1. The summed E-state index contributed by atoms with van der Waals surface area (Å²) < 4.78 is 52.2. The van der Waals surface area contributed by atoms with Gasteiger partial charge in [0, 0.05) is 5.56 Å². The molecule has 0 amide bonds. The molecular weight excluding hydrogens is 216 g/mol. The van der Waals surface area contributed by atoms with Gasteiger partial charge in [-0.1, -0.05) is 0 Å². The van der Waals surface area contributed by atoms with Crippen molar-refractivity contribution in [2.24, 2.45) is 0 Å². The highest BCUT2D eigenvalue weighted by molar-refractivity contribution is 7.98. The second-order valence-corrected chi connectivity index (χ2v) is 3.33. The molecule has 1 aromatic rings. The van der Waals surface area contributed by atoms with Gasteiger partial charge in [0.2, 0.25) is 0 Å². The van der Waals surface area contributed by atoms with E-state index in [0.717, 1.165) is 0 Å². The van der Waals surface area contributed by atoms with E-state index < -0.39 is 33.7 Å². The minimum absolute atomic E-state index is 0.333. The lowest BCUT2D eigenvalue weighted by Gasteiger charge is -2.08. The Kier molecular flexibility index (Phi) is 3.42. The summed E-state index contributed by atoms with van der Waals surface area (Å²) in [6.45, 7) is 3.20. The van der Waals surface area contributed by atoms with Crippen LogP contribution in [0.4, 0.5) is 17.6 Å². The molecule has 0 atom stereocenters. The predicted molar refractivity (Wildman–Crippen MR) is 47.1 cm³/mol. The van der Waals surface area contributed by atoms with Gasteiger partial charge in [0.05, 0.1) is 4.90 Å². The maximum atomic E-state index is 13.1. The topological polar surface area (TPSA) is 0 Å². The standard InChI is InChI=1S/C9H7F4S/c1-3-4-5(10)7(12)9(14-2)8(13)6(4)11/h1,3H2,2H3. The lowest BCUT2D eigenvalue weighted by Crippen LogP contribution is -2.04. The molecule has 1 aromatic carbocycles. The minimum atomic E-state index is -1.36. The van der Waals surface area contributed by atoms with Crippen molar-refractivity contribution in [2.75, 3.05) is 6.26 Å². The van der Waals surface area contributed by atoms with Crippen molar-refractivity contribution in [3.63, 3.8) is 0 Å². The fourth-order valence-corrected chi connectivity index (χ4v) is 1.59. The summed E-state index contributed by atoms with van der Waals surface area (Å²) in [7, 11) is 0. The van der Waals surface area contributed by atoms with Crippen LogP contribution in [0.25, 0.3) is 0 Å². The van der Waals surface area contributed by atoms with Crippen molar-refractivity contribution in [1.82, 2.24) is 0 Å². The number of rotatable bonds is 2. The van der Waals surface area contributed by atoms with Crippen molar-refractivity contribution >= 4 is 11.8 Å². The van der Waals surface area contributed by atoms with E-state index >= 15 is 0 Å². The van der Waals surface area contributed by atoms with Crippen LogP contribution >= 0.6 is 11.8 Å². The van der Waals surface area contributed by atoms with Crippen LogP contribution in [0.5, 0.6) is 0 Å². The first-order valence-corrected chi connectivity index (χ1v) is 4.95. The average Bonchev–Trinajstić information content (AvgIpc) is 2.17. The highest BCUT2D eigenvalue weighted by atomic mass is 32.2. The van der Waals surface area contributed by atoms with Gasteiger partial charge in [0.1, 0.15) is 0 Å². The number of thioether (sulfide) groups is 1. The molecule has 0 aliphatic rings. The molecule has 0 saturated heterocycles. The number of halogens is 4. The van der Waals surface area contributed by atoms with Crippen molar-refractivity contribution in [3.05, 3.63) is 35.8 Å². The Bertz CT molecular complexity index is 298. The van der Waals surface area contributed by atoms with Crippen LogP contribution in [0.2, 0.25) is 0 Å². The maximum absolute atomic E-state index is 13.1. The fourth-order valence-electron chi connectivity index (χ4n) is 1.06. The van der Waals surface area contributed by atoms with Gasteiger partial charge in [-0.25, -0.2) is 17.6 Å². The van der Waals surface area contributed by atoms with E-state index in [4.69, 9.17) is 0 Å². The molecule has 0 unspecified atom stereocenters. The zero-order valence-corrected chi connectivity index (χ0v) is 8.15. The molecule has 1 radical (unpaired) electrons. The van der Waals surface area contributed by atoms with Gasteiger partial charge in [-0.15, -0.1) is 11.8 Å².